The predicted octanol–water partition coefficient (Wildman–Crippen LogP) is 6.55. The van der Waals surface area contributed by atoms with Crippen LogP contribution in [0.25, 0.3) is 0 Å². The molecule has 0 N–H and O–H groups in total. The van der Waals surface area contributed by atoms with Gasteiger partial charge in [0.2, 0.25) is 0 Å². The minimum atomic E-state index is -0.114. The zero-order chi connectivity index (χ0) is 21.6. The summed E-state index contributed by atoms with van der Waals surface area (Å²) in [6, 6.07) is 10.4. The van der Waals surface area contributed by atoms with Crippen LogP contribution in [0.3, 0.4) is 0 Å². The summed E-state index contributed by atoms with van der Waals surface area (Å²) in [6.07, 6.45) is 12.4. The lowest BCUT2D eigenvalue weighted by Gasteiger charge is -2.60. The molecule has 4 aliphatic carbocycles. The minimum Gasteiger partial charge on any atom is -0.463 e. The first-order chi connectivity index (χ1) is 14.9. The lowest BCUT2D eigenvalue weighted by atomic mass is 9.44. The summed E-state index contributed by atoms with van der Waals surface area (Å²) in [7, 11) is 0. The second-order valence-electron chi connectivity index (χ2n) is 11.1. The SMILES string of the molecule is CC(=O)O[C@@H]1CC[C@@]2(C)[C@H](CC[C@@H]3[C@@H]2CC[C@]2(C)C(C#Cc4ccccc4)=CC[C@@H]32)C1. The molecule has 2 heteroatoms. The Labute approximate surface area is 187 Å². The van der Waals surface area contributed by atoms with E-state index in [9.17, 15) is 4.79 Å². The molecule has 0 unspecified atom stereocenters. The van der Waals surface area contributed by atoms with Crippen LogP contribution in [0.2, 0.25) is 0 Å². The van der Waals surface area contributed by atoms with Crippen molar-refractivity contribution in [3.05, 3.63) is 47.5 Å². The molecule has 0 aromatic heterocycles. The van der Waals surface area contributed by atoms with Gasteiger partial charge < -0.3 is 4.74 Å². The van der Waals surface area contributed by atoms with Crippen molar-refractivity contribution in [2.75, 3.05) is 0 Å². The van der Waals surface area contributed by atoms with Crippen LogP contribution in [0.15, 0.2) is 42.0 Å². The largest absolute Gasteiger partial charge is 0.463 e. The monoisotopic (exact) mass is 416 g/mol. The van der Waals surface area contributed by atoms with Crippen molar-refractivity contribution in [1.29, 1.82) is 0 Å². The molecule has 0 aliphatic heterocycles. The van der Waals surface area contributed by atoms with Crippen molar-refractivity contribution in [2.45, 2.75) is 78.2 Å². The average Bonchev–Trinajstić information content (AvgIpc) is 3.09. The highest BCUT2D eigenvalue weighted by Crippen LogP contribution is 2.66. The van der Waals surface area contributed by atoms with Crippen molar-refractivity contribution >= 4 is 5.97 Å². The summed E-state index contributed by atoms with van der Waals surface area (Å²) < 4.78 is 5.62. The van der Waals surface area contributed by atoms with Gasteiger partial charge in [0.1, 0.15) is 6.10 Å². The van der Waals surface area contributed by atoms with E-state index in [1.165, 1.54) is 44.1 Å². The maximum absolute atomic E-state index is 11.5. The Morgan fingerprint density at radius 1 is 1.00 bits per heavy atom. The van der Waals surface area contributed by atoms with E-state index in [4.69, 9.17) is 4.74 Å². The zero-order valence-electron chi connectivity index (χ0n) is 19.3. The lowest BCUT2D eigenvalue weighted by Crippen LogP contribution is -2.53. The fourth-order valence-electron chi connectivity index (χ4n) is 7.98. The molecule has 2 nitrogen and oxygen atoms in total. The van der Waals surface area contributed by atoms with E-state index >= 15 is 0 Å². The number of carbonyl (C=O) groups is 1. The highest BCUT2D eigenvalue weighted by Gasteiger charge is 2.58. The van der Waals surface area contributed by atoms with E-state index in [2.05, 4.69) is 62.1 Å². The van der Waals surface area contributed by atoms with Crippen molar-refractivity contribution in [2.24, 2.45) is 34.5 Å². The van der Waals surface area contributed by atoms with Crippen LogP contribution in [-0.4, -0.2) is 12.1 Å². The number of hydrogen-bond acceptors (Lipinski definition) is 2. The van der Waals surface area contributed by atoms with E-state index < -0.39 is 0 Å². The molecule has 0 heterocycles. The highest BCUT2D eigenvalue weighted by atomic mass is 16.5. The third-order valence-corrected chi connectivity index (χ3v) is 9.65. The molecule has 0 radical (unpaired) electrons. The summed E-state index contributed by atoms with van der Waals surface area (Å²) in [5.74, 6) is 9.99. The van der Waals surface area contributed by atoms with Crippen LogP contribution in [0, 0.1) is 46.3 Å². The molecule has 7 atom stereocenters. The summed E-state index contributed by atoms with van der Waals surface area (Å²) >= 11 is 0. The lowest BCUT2D eigenvalue weighted by molar-refractivity contribution is -0.158. The third kappa shape index (κ3) is 3.55. The molecule has 3 saturated carbocycles. The van der Waals surface area contributed by atoms with Crippen LogP contribution in [0.5, 0.6) is 0 Å². The van der Waals surface area contributed by atoms with E-state index in [1.807, 2.05) is 0 Å². The van der Waals surface area contributed by atoms with Crippen LogP contribution in [-0.2, 0) is 9.53 Å². The van der Waals surface area contributed by atoms with Gasteiger partial charge in [-0.1, -0.05) is 50.0 Å². The quantitative estimate of drug-likeness (QED) is 0.383. The Bertz CT molecular complexity index is 934. The Hall–Kier alpha value is -2.01. The van der Waals surface area contributed by atoms with E-state index in [1.54, 1.807) is 6.92 Å². The Balaban J connectivity index is 1.33. The summed E-state index contributed by atoms with van der Waals surface area (Å²) in [5, 5.41) is 0. The van der Waals surface area contributed by atoms with Gasteiger partial charge in [-0.05, 0) is 92.6 Å². The van der Waals surface area contributed by atoms with Gasteiger partial charge in [-0.25, -0.2) is 0 Å². The smallest absolute Gasteiger partial charge is 0.302 e. The molecule has 3 fully saturated rings. The van der Waals surface area contributed by atoms with Crippen LogP contribution in [0.1, 0.15) is 77.7 Å². The van der Waals surface area contributed by atoms with Crippen LogP contribution < -0.4 is 0 Å². The third-order valence-electron chi connectivity index (χ3n) is 9.65. The van der Waals surface area contributed by atoms with Crippen LogP contribution in [0.4, 0.5) is 0 Å². The topological polar surface area (TPSA) is 26.3 Å². The molecule has 5 rings (SSSR count). The Kier molecular flexibility index (Phi) is 5.28. The number of fused-ring (bicyclic) bond motifs is 5. The molecule has 0 amide bonds. The summed E-state index contributed by atoms with van der Waals surface area (Å²) in [5.41, 5.74) is 3.17. The first-order valence-electron chi connectivity index (χ1n) is 12.3. The van der Waals surface area contributed by atoms with E-state index in [-0.39, 0.29) is 17.5 Å². The van der Waals surface area contributed by atoms with Gasteiger partial charge >= 0.3 is 5.97 Å². The predicted molar refractivity (Wildman–Crippen MR) is 124 cm³/mol. The molecule has 4 aliphatic rings. The molecular formula is C29H36O2. The number of hydrogen-bond donors (Lipinski definition) is 0. The van der Waals surface area contributed by atoms with Gasteiger partial charge in [0, 0.05) is 23.5 Å². The minimum absolute atomic E-state index is 0.114. The van der Waals surface area contributed by atoms with Gasteiger partial charge in [0.05, 0.1) is 0 Å². The molecule has 164 valence electrons. The fourth-order valence-corrected chi connectivity index (χ4v) is 7.98. The van der Waals surface area contributed by atoms with Crippen LogP contribution >= 0.6 is 0 Å². The van der Waals surface area contributed by atoms with Gasteiger partial charge in [0.25, 0.3) is 0 Å². The summed E-state index contributed by atoms with van der Waals surface area (Å²) in [4.78, 5) is 11.5. The molecule has 1 aromatic rings. The van der Waals surface area contributed by atoms with E-state index in [0.29, 0.717) is 11.3 Å². The molecule has 0 bridgehead atoms. The van der Waals surface area contributed by atoms with Gasteiger partial charge in [0.15, 0.2) is 0 Å². The van der Waals surface area contributed by atoms with Gasteiger partial charge in [-0.15, -0.1) is 0 Å². The first-order valence-corrected chi connectivity index (χ1v) is 12.3. The maximum Gasteiger partial charge on any atom is 0.302 e. The number of esters is 1. The normalized spacial score (nSPS) is 41.0. The molecular weight excluding hydrogens is 380 g/mol. The van der Waals surface area contributed by atoms with Gasteiger partial charge in [-0.2, -0.15) is 0 Å². The zero-order valence-corrected chi connectivity index (χ0v) is 19.3. The van der Waals surface area contributed by atoms with Gasteiger partial charge in [-0.3, -0.25) is 4.79 Å². The van der Waals surface area contributed by atoms with Crippen molar-refractivity contribution in [1.82, 2.24) is 0 Å². The summed E-state index contributed by atoms with van der Waals surface area (Å²) in [6.45, 7) is 6.62. The standard InChI is InChI=1S/C29H36O2/c1-20(30)31-24-15-17-29(3)23(19-24)11-13-25-26-14-12-22(28(26,2)18-16-27(25)29)10-9-21-7-5-4-6-8-21/h4-8,12,23-27H,11,13-19H2,1-3H3/t23-,24-,25+,26+,27+,28-,29+/m1/s1. The van der Waals surface area contributed by atoms with Crippen molar-refractivity contribution in [3.63, 3.8) is 0 Å². The second-order valence-corrected chi connectivity index (χ2v) is 11.1. The highest BCUT2D eigenvalue weighted by molar-refractivity contribution is 5.66. The van der Waals surface area contributed by atoms with Crippen molar-refractivity contribution in [3.8, 4) is 11.8 Å². The number of benzene rings is 1. The molecule has 1 aromatic carbocycles. The van der Waals surface area contributed by atoms with E-state index in [0.717, 1.165) is 36.2 Å². The number of rotatable bonds is 1. The maximum atomic E-state index is 11.5. The molecule has 0 spiro atoms. The first kappa shape index (κ1) is 20.9. The number of ether oxygens (including phenoxy) is 1. The van der Waals surface area contributed by atoms with Crippen molar-refractivity contribution < 1.29 is 9.53 Å². The second kappa shape index (κ2) is 7.84. The Morgan fingerprint density at radius 2 is 1.81 bits per heavy atom. The average molecular weight is 417 g/mol. The number of allylic oxidation sites excluding steroid dienone is 2. The fraction of sp³-hybridized carbons (Fsp3) is 0.621. The molecule has 31 heavy (non-hydrogen) atoms. The molecule has 0 saturated heterocycles. The Morgan fingerprint density at radius 3 is 2.58 bits per heavy atom. The number of carbonyl (C=O) groups excluding carboxylic acids is 1.